The Hall–Kier alpha value is -3.03. The Balaban J connectivity index is 1.72. The van der Waals surface area contributed by atoms with Gasteiger partial charge in [-0.15, -0.1) is 0 Å². The smallest absolute Gasteiger partial charge is 0.264 e. The number of pyridine rings is 1. The Morgan fingerprint density at radius 3 is 2.81 bits per heavy atom. The molecule has 0 saturated heterocycles. The van der Waals surface area contributed by atoms with Crippen LogP contribution in [0, 0.1) is 13.8 Å². The Bertz CT molecular complexity index is 918. The van der Waals surface area contributed by atoms with Crippen LogP contribution in [0.3, 0.4) is 0 Å². The van der Waals surface area contributed by atoms with E-state index in [-0.39, 0.29) is 23.8 Å². The van der Waals surface area contributed by atoms with Crippen LogP contribution in [0.4, 0.5) is 0 Å². The second kappa shape index (κ2) is 8.11. The second-order valence-corrected chi connectivity index (χ2v) is 6.61. The molecule has 27 heavy (non-hydrogen) atoms. The van der Waals surface area contributed by atoms with Crippen molar-refractivity contribution in [3.63, 3.8) is 0 Å². The van der Waals surface area contributed by atoms with E-state index < -0.39 is 5.91 Å². The minimum Gasteiger partial charge on any atom is -0.390 e. The Labute approximate surface area is 157 Å². The highest BCUT2D eigenvalue weighted by Gasteiger charge is 2.22. The maximum Gasteiger partial charge on any atom is 0.264 e. The van der Waals surface area contributed by atoms with E-state index in [1.165, 1.54) is 4.57 Å². The lowest BCUT2D eigenvalue weighted by Crippen LogP contribution is -2.37. The van der Waals surface area contributed by atoms with Gasteiger partial charge in [-0.3, -0.25) is 19.6 Å². The standard InChI is InChI=1S/C19H23N5O3/c1-4-14-7-16(27-23-14)10-22-18(25)17-12(2)5-6-24(19(17)26)11-15-9-20-13(3)8-21-15/h5-6,8-9,16H,4,7,10-11H2,1-3H3,(H,22,25). The van der Waals surface area contributed by atoms with Crippen molar-refractivity contribution < 1.29 is 9.63 Å². The van der Waals surface area contributed by atoms with Gasteiger partial charge in [0.2, 0.25) is 0 Å². The van der Waals surface area contributed by atoms with E-state index in [2.05, 4.69) is 20.4 Å². The average Bonchev–Trinajstić information content (AvgIpc) is 3.12. The molecular weight excluding hydrogens is 346 g/mol. The summed E-state index contributed by atoms with van der Waals surface area (Å²) in [7, 11) is 0. The molecule has 2 aromatic rings. The third kappa shape index (κ3) is 4.39. The number of oxime groups is 1. The van der Waals surface area contributed by atoms with E-state index in [0.29, 0.717) is 24.2 Å². The molecule has 1 aliphatic heterocycles. The molecule has 8 nitrogen and oxygen atoms in total. The van der Waals surface area contributed by atoms with Crippen LogP contribution < -0.4 is 10.9 Å². The molecule has 142 valence electrons. The van der Waals surface area contributed by atoms with Gasteiger partial charge < -0.3 is 14.7 Å². The summed E-state index contributed by atoms with van der Waals surface area (Å²) in [5, 5.41) is 6.76. The molecule has 1 unspecified atom stereocenters. The number of hydrogen-bond acceptors (Lipinski definition) is 6. The van der Waals surface area contributed by atoms with Crippen molar-refractivity contribution in [2.75, 3.05) is 6.54 Å². The first-order valence-electron chi connectivity index (χ1n) is 8.95. The minimum absolute atomic E-state index is 0.132. The lowest BCUT2D eigenvalue weighted by atomic mass is 10.1. The molecular formula is C19H23N5O3. The number of nitrogens with zero attached hydrogens (tertiary/aromatic N) is 4. The molecule has 0 aromatic carbocycles. The zero-order valence-electron chi connectivity index (χ0n) is 15.7. The summed E-state index contributed by atoms with van der Waals surface area (Å²) < 4.78 is 1.46. The number of aryl methyl sites for hydroxylation is 2. The molecule has 0 fully saturated rings. The fraction of sp³-hybridized carbons (Fsp3) is 0.421. The number of rotatable bonds is 6. The highest BCUT2D eigenvalue weighted by Crippen LogP contribution is 2.12. The largest absolute Gasteiger partial charge is 0.390 e. The quantitative estimate of drug-likeness (QED) is 0.834. The van der Waals surface area contributed by atoms with Gasteiger partial charge in [0.1, 0.15) is 11.7 Å². The van der Waals surface area contributed by atoms with E-state index in [0.717, 1.165) is 17.8 Å². The van der Waals surface area contributed by atoms with Crippen LogP contribution in [0.15, 0.2) is 34.6 Å². The maximum absolute atomic E-state index is 12.8. The normalized spacial score (nSPS) is 16.0. The van der Waals surface area contributed by atoms with E-state index in [1.54, 1.807) is 31.6 Å². The first kappa shape index (κ1) is 18.8. The molecule has 1 atom stereocenters. The fourth-order valence-electron chi connectivity index (χ4n) is 2.84. The topological polar surface area (TPSA) is 98.5 Å². The summed E-state index contributed by atoms with van der Waals surface area (Å²) in [4.78, 5) is 39.1. The van der Waals surface area contributed by atoms with Crippen LogP contribution >= 0.6 is 0 Å². The van der Waals surface area contributed by atoms with E-state index >= 15 is 0 Å². The molecule has 0 spiro atoms. The third-order valence-corrected chi connectivity index (χ3v) is 4.46. The molecule has 3 rings (SSSR count). The highest BCUT2D eigenvalue weighted by atomic mass is 16.6. The van der Waals surface area contributed by atoms with Crippen molar-refractivity contribution >= 4 is 11.6 Å². The summed E-state index contributed by atoms with van der Waals surface area (Å²) in [6.45, 7) is 6.17. The number of hydrogen-bond donors (Lipinski definition) is 1. The molecule has 0 radical (unpaired) electrons. The molecule has 8 heteroatoms. The van der Waals surface area contributed by atoms with Crippen molar-refractivity contribution in [3.8, 4) is 0 Å². The first-order valence-corrected chi connectivity index (χ1v) is 8.95. The van der Waals surface area contributed by atoms with Crippen molar-refractivity contribution in [1.82, 2.24) is 19.9 Å². The van der Waals surface area contributed by atoms with Gasteiger partial charge in [0, 0.05) is 18.8 Å². The number of nitrogens with one attached hydrogen (secondary N) is 1. The van der Waals surface area contributed by atoms with Gasteiger partial charge in [0.25, 0.3) is 11.5 Å². The van der Waals surface area contributed by atoms with Gasteiger partial charge in [0.15, 0.2) is 0 Å². The second-order valence-electron chi connectivity index (χ2n) is 6.61. The molecule has 0 aliphatic carbocycles. The molecule has 1 N–H and O–H groups in total. The lowest BCUT2D eigenvalue weighted by Gasteiger charge is -2.13. The summed E-state index contributed by atoms with van der Waals surface area (Å²) in [6, 6.07) is 1.75. The number of carbonyl (C=O) groups is 1. The summed E-state index contributed by atoms with van der Waals surface area (Å²) >= 11 is 0. The number of carbonyl (C=O) groups excluding carboxylic acids is 1. The average molecular weight is 369 g/mol. The molecule has 1 aliphatic rings. The molecule has 1 amide bonds. The van der Waals surface area contributed by atoms with Crippen LogP contribution in [0.25, 0.3) is 0 Å². The van der Waals surface area contributed by atoms with Gasteiger partial charge in [-0.25, -0.2) is 0 Å². The van der Waals surface area contributed by atoms with Crippen LogP contribution in [-0.2, 0) is 11.4 Å². The Morgan fingerprint density at radius 1 is 1.33 bits per heavy atom. The van der Waals surface area contributed by atoms with Crippen molar-refractivity contribution in [2.45, 2.75) is 46.3 Å². The Kier molecular flexibility index (Phi) is 5.63. The van der Waals surface area contributed by atoms with Gasteiger partial charge in [0.05, 0.1) is 36.4 Å². The van der Waals surface area contributed by atoms with E-state index in [1.807, 2.05) is 13.8 Å². The van der Waals surface area contributed by atoms with E-state index in [4.69, 9.17) is 4.84 Å². The summed E-state index contributed by atoms with van der Waals surface area (Å²) in [5.41, 5.74) is 2.84. The van der Waals surface area contributed by atoms with E-state index in [9.17, 15) is 9.59 Å². The predicted octanol–water partition coefficient (Wildman–Crippen LogP) is 1.59. The van der Waals surface area contributed by atoms with Crippen LogP contribution in [0.2, 0.25) is 0 Å². The highest BCUT2D eigenvalue weighted by molar-refractivity contribution is 5.95. The minimum atomic E-state index is -0.407. The van der Waals surface area contributed by atoms with Gasteiger partial charge in [-0.2, -0.15) is 0 Å². The summed E-state index contributed by atoms with van der Waals surface area (Å²) in [6.07, 6.45) is 6.28. The molecule has 0 saturated carbocycles. The van der Waals surface area contributed by atoms with Gasteiger partial charge in [-0.05, 0) is 31.9 Å². The Morgan fingerprint density at radius 2 is 2.15 bits per heavy atom. The third-order valence-electron chi connectivity index (χ3n) is 4.46. The molecule has 2 aromatic heterocycles. The van der Waals surface area contributed by atoms with Crippen LogP contribution in [0.5, 0.6) is 0 Å². The van der Waals surface area contributed by atoms with Crippen molar-refractivity contribution in [1.29, 1.82) is 0 Å². The molecule has 0 bridgehead atoms. The SMILES string of the molecule is CCC1=NOC(CNC(=O)c2c(C)ccn(Cc3cnc(C)cn3)c2=O)C1. The molecule has 3 heterocycles. The monoisotopic (exact) mass is 369 g/mol. The first-order chi connectivity index (χ1) is 13.0. The van der Waals surface area contributed by atoms with Crippen molar-refractivity contribution in [2.24, 2.45) is 5.16 Å². The summed E-state index contributed by atoms with van der Waals surface area (Å²) in [5.74, 6) is -0.407. The van der Waals surface area contributed by atoms with Gasteiger partial charge >= 0.3 is 0 Å². The zero-order valence-corrected chi connectivity index (χ0v) is 15.7. The van der Waals surface area contributed by atoms with Crippen LogP contribution in [0.1, 0.15) is 47.1 Å². The number of amides is 1. The van der Waals surface area contributed by atoms with Gasteiger partial charge in [-0.1, -0.05) is 12.1 Å². The number of aromatic nitrogens is 3. The maximum atomic E-state index is 12.8. The lowest BCUT2D eigenvalue weighted by molar-refractivity contribution is 0.0752. The fourth-order valence-corrected chi connectivity index (χ4v) is 2.84. The van der Waals surface area contributed by atoms with Crippen molar-refractivity contribution in [3.05, 3.63) is 57.5 Å². The zero-order chi connectivity index (χ0) is 19.4. The predicted molar refractivity (Wildman–Crippen MR) is 101 cm³/mol. The van der Waals surface area contributed by atoms with Crippen LogP contribution in [-0.4, -0.2) is 38.8 Å².